The van der Waals surface area contributed by atoms with Crippen LogP contribution in [-0.4, -0.2) is 88.0 Å². The van der Waals surface area contributed by atoms with Crippen molar-refractivity contribution in [2.45, 2.75) is 43.6 Å². The van der Waals surface area contributed by atoms with Gasteiger partial charge in [0.15, 0.2) is 16.4 Å². The first-order valence-corrected chi connectivity index (χ1v) is 15.1. The fourth-order valence-corrected chi connectivity index (χ4v) is 6.30. The van der Waals surface area contributed by atoms with Gasteiger partial charge in [0.05, 0.1) is 11.9 Å². The van der Waals surface area contributed by atoms with Gasteiger partial charge in [0.25, 0.3) is 5.91 Å². The third kappa shape index (κ3) is 8.01. The molecule has 0 saturated carbocycles. The van der Waals surface area contributed by atoms with Crippen LogP contribution in [0.15, 0.2) is 42.5 Å². The number of hydrogen-bond acceptors (Lipinski definition) is 7. The van der Waals surface area contributed by atoms with Crippen LogP contribution in [0.5, 0.6) is 5.75 Å². The molecule has 0 aliphatic carbocycles. The van der Waals surface area contributed by atoms with Crippen molar-refractivity contribution in [1.29, 1.82) is 0 Å². The first-order chi connectivity index (χ1) is 17.7. The zero-order valence-corrected chi connectivity index (χ0v) is 22.7. The van der Waals surface area contributed by atoms with Gasteiger partial charge >= 0.3 is 0 Å². The molecule has 2 unspecified atom stereocenters. The number of β-amino-alcohol motifs (C(OH)–C–C–N with tert-alkyl or cyclic N) is 1. The Bertz CT molecular complexity index is 1190. The number of rotatable bonds is 10. The lowest BCUT2D eigenvalue weighted by Gasteiger charge is -2.32. The minimum absolute atomic E-state index is 0.0564. The average Bonchev–Trinajstić information content (AvgIpc) is 2.85. The van der Waals surface area contributed by atoms with E-state index in [2.05, 4.69) is 40.4 Å². The van der Waals surface area contributed by atoms with E-state index in [1.807, 2.05) is 18.2 Å². The van der Waals surface area contributed by atoms with Crippen LogP contribution < -0.4 is 10.1 Å². The summed E-state index contributed by atoms with van der Waals surface area (Å²) in [6.07, 6.45) is 3.48. The van der Waals surface area contributed by atoms with E-state index < -0.39 is 15.9 Å². The first kappa shape index (κ1) is 27.6. The van der Waals surface area contributed by atoms with Gasteiger partial charge in [-0.3, -0.25) is 9.69 Å². The standard InChI is InChI=1S/C28H39N3O5S/c1-30-13-6-10-23(16-30)28-24(20-37(2,34)35)9-5-11-26(28)36-19-27(33)29-15-25(32)18-31-14-12-21-7-3-4-8-22(21)17-31/h3-5,7-9,11,23,25,32H,6,10,12-20H2,1-2H3,(H,29,33). The topological polar surface area (TPSA) is 99.2 Å². The van der Waals surface area contributed by atoms with Gasteiger partial charge in [-0.2, -0.15) is 0 Å². The fraction of sp³-hybridized carbons (Fsp3) is 0.536. The van der Waals surface area contributed by atoms with Crippen LogP contribution in [0.4, 0.5) is 0 Å². The van der Waals surface area contributed by atoms with Crippen LogP contribution in [0.3, 0.4) is 0 Å². The molecular formula is C28H39N3O5S. The molecule has 9 heteroatoms. The van der Waals surface area contributed by atoms with Crippen LogP contribution in [-0.2, 0) is 33.4 Å². The number of nitrogens with one attached hydrogen (secondary N) is 1. The Morgan fingerprint density at radius 2 is 1.95 bits per heavy atom. The lowest BCUT2D eigenvalue weighted by Crippen LogP contribution is -2.43. The molecule has 1 saturated heterocycles. The van der Waals surface area contributed by atoms with E-state index in [-0.39, 0.29) is 30.7 Å². The summed E-state index contributed by atoms with van der Waals surface area (Å²) < 4.78 is 30.1. The van der Waals surface area contributed by atoms with E-state index in [1.54, 1.807) is 6.07 Å². The third-order valence-electron chi connectivity index (χ3n) is 7.18. The summed E-state index contributed by atoms with van der Waals surface area (Å²) in [5.41, 5.74) is 4.27. The Morgan fingerprint density at radius 1 is 1.16 bits per heavy atom. The summed E-state index contributed by atoms with van der Waals surface area (Å²) in [5.74, 6) is 0.331. The van der Waals surface area contributed by atoms with Crippen LogP contribution >= 0.6 is 0 Å². The van der Waals surface area contributed by atoms with Crippen molar-refractivity contribution in [3.8, 4) is 5.75 Å². The van der Waals surface area contributed by atoms with Crippen molar-refractivity contribution in [3.05, 3.63) is 64.7 Å². The lowest BCUT2D eigenvalue weighted by atomic mass is 9.87. The molecule has 202 valence electrons. The zero-order valence-electron chi connectivity index (χ0n) is 21.9. The quantitative estimate of drug-likeness (QED) is 0.485. The molecule has 8 nitrogen and oxygen atoms in total. The highest BCUT2D eigenvalue weighted by Crippen LogP contribution is 2.36. The smallest absolute Gasteiger partial charge is 0.258 e. The minimum Gasteiger partial charge on any atom is -0.483 e. The fourth-order valence-electron chi connectivity index (χ4n) is 5.49. The normalized spacial score (nSPS) is 19.7. The van der Waals surface area contributed by atoms with Crippen molar-refractivity contribution in [3.63, 3.8) is 0 Å². The number of sulfone groups is 1. The summed E-state index contributed by atoms with van der Waals surface area (Å²) in [7, 11) is -1.16. The van der Waals surface area contributed by atoms with Crippen molar-refractivity contribution in [1.82, 2.24) is 15.1 Å². The molecule has 1 fully saturated rings. The maximum atomic E-state index is 12.6. The second-order valence-corrected chi connectivity index (χ2v) is 12.6. The number of aliphatic hydroxyl groups excluding tert-OH is 1. The van der Waals surface area contributed by atoms with Crippen LogP contribution in [0.2, 0.25) is 0 Å². The van der Waals surface area contributed by atoms with Gasteiger partial charge in [-0.05, 0) is 55.6 Å². The summed E-state index contributed by atoms with van der Waals surface area (Å²) >= 11 is 0. The average molecular weight is 530 g/mol. The lowest BCUT2D eigenvalue weighted by molar-refractivity contribution is -0.123. The molecule has 2 atom stereocenters. The minimum atomic E-state index is -3.23. The molecule has 37 heavy (non-hydrogen) atoms. The molecule has 2 N–H and O–H groups in total. The maximum Gasteiger partial charge on any atom is 0.258 e. The molecule has 0 radical (unpaired) electrons. The first-order valence-electron chi connectivity index (χ1n) is 13.0. The molecular weight excluding hydrogens is 490 g/mol. The van der Waals surface area contributed by atoms with Crippen molar-refractivity contribution in [2.24, 2.45) is 0 Å². The van der Waals surface area contributed by atoms with Gasteiger partial charge in [-0.1, -0.05) is 36.4 Å². The van der Waals surface area contributed by atoms with Gasteiger partial charge in [0, 0.05) is 50.5 Å². The Kier molecular flexibility index (Phi) is 9.23. The second kappa shape index (κ2) is 12.4. The Morgan fingerprint density at radius 3 is 2.70 bits per heavy atom. The highest BCUT2D eigenvalue weighted by atomic mass is 32.2. The van der Waals surface area contributed by atoms with E-state index in [9.17, 15) is 18.3 Å². The Hall–Kier alpha value is -2.46. The monoisotopic (exact) mass is 529 g/mol. The van der Waals surface area contributed by atoms with E-state index >= 15 is 0 Å². The van der Waals surface area contributed by atoms with Crippen molar-refractivity contribution < 1.29 is 23.1 Å². The number of likely N-dealkylation sites (N-methyl/N-ethyl adjacent to an activating group) is 1. The SMILES string of the molecule is CN1CCCC(c2c(CS(C)(=O)=O)cccc2OCC(=O)NCC(O)CN2CCc3ccccc3C2)C1. The highest BCUT2D eigenvalue weighted by molar-refractivity contribution is 7.89. The van der Waals surface area contributed by atoms with E-state index in [0.717, 1.165) is 56.6 Å². The summed E-state index contributed by atoms with van der Waals surface area (Å²) in [6.45, 7) is 3.95. The van der Waals surface area contributed by atoms with E-state index in [0.29, 0.717) is 12.3 Å². The summed E-state index contributed by atoms with van der Waals surface area (Å²) in [6, 6.07) is 13.8. The Balaban J connectivity index is 1.32. The number of benzene rings is 2. The molecule has 2 aromatic rings. The number of hydrogen-bond donors (Lipinski definition) is 2. The molecule has 0 bridgehead atoms. The van der Waals surface area contributed by atoms with Crippen LogP contribution in [0.1, 0.15) is 41.0 Å². The van der Waals surface area contributed by atoms with Gasteiger partial charge < -0.3 is 20.1 Å². The molecule has 0 aromatic heterocycles. The number of nitrogens with zero attached hydrogens (tertiary/aromatic N) is 2. The van der Waals surface area contributed by atoms with Crippen molar-refractivity contribution in [2.75, 3.05) is 52.6 Å². The molecule has 0 spiro atoms. The molecule has 4 rings (SSSR count). The van der Waals surface area contributed by atoms with E-state index in [1.165, 1.54) is 17.4 Å². The number of carbonyl (C=O) groups excluding carboxylic acids is 1. The largest absolute Gasteiger partial charge is 0.483 e. The summed E-state index contributed by atoms with van der Waals surface area (Å²) in [5, 5.41) is 13.3. The molecule has 2 aromatic carbocycles. The summed E-state index contributed by atoms with van der Waals surface area (Å²) in [4.78, 5) is 17.0. The van der Waals surface area contributed by atoms with E-state index in [4.69, 9.17) is 4.74 Å². The number of fused-ring (bicyclic) bond motifs is 1. The molecule has 2 aliphatic heterocycles. The van der Waals surface area contributed by atoms with Crippen molar-refractivity contribution >= 4 is 15.7 Å². The Labute approximate surface area is 220 Å². The van der Waals surface area contributed by atoms with Gasteiger partial charge in [-0.25, -0.2) is 8.42 Å². The number of likely N-dealkylation sites (tertiary alicyclic amines) is 1. The predicted molar refractivity (Wildman–Crippen MR) is 144 cm³/mol. The maximum absolute atomic E-state index is 12.6. The van der Waals surface area contributed by atoms with Gasteiger partial charge in [0.2, 0.25) is 0 Å². The van der Waals surface area contributed by atoms with Crippen LogP contribution in [0.25, 0.3) is 0 Å². The molecule has 2 aliphatic rings. The van der Waals surface area contributed by atoms with Crippen LogP contribution in [0, 0.1) is 0 Å². The number of amides is 1. The number of ether oxygens (including phenoxy) is 1. The van der Waals surface area contributed by atoms with Gasteiger partial charge in [0.1, 0.15) is 5.75 Å². The highest BCUT2D eigenvalue weighted by Gasteiger charge is 2.26. The second-order valence-electron chi connectivity index (χ2n) is 10.5. The molecule has 1 amide bonds. The number of carbonyl (C=O) groups is 1. The zero-order chi connectivity index (χ0) is 26.4. The molecule has 2 heterocycles. The third-order valence-corrected chi connectivity index (χ3v) is 8.01. The number of piperidine rings is 1. The number of aliphatic hydroxyl groups is 1. The predicted octanol–water partition coefficient (Wildman–Crippen LogP) is 1.95. The van der Waals surface area contributed by atoms with Gasteiger partial charge in [-0.15, -0.1) is 0 Å².